The van der Waals surface area contributed by atoms with E-state index in [0.29, 0.717) is 11.6 Å². The van der Waals surface area contributed by atoms with Crippen molar-refractivity contribution in [2.45, 2.75) is 19.3 Å². The average molecular weight is 284 g/mol. The minimum Gasteiger partial charge on any atom is -0.490 e. The first-order valence-corrected chi connectivity index (χ1v) is 7.27. The maximum atomic E-state index is 5.55. The topological polar surface area (TPSA) is 50.3 Å². The van der Waals surface area contributed by atoms with Crippen LogP contribution in [0.1, 0.15) is 18.4 Å². The van der Waals surface area contributed by atoms with Crippen molar-refractivity contribution in [2.75, 3.05) is 30.9 Å². The third-order valence-electron chi connectivity index (χ3n) is 3.84. The van der Waals surface area contributed by atoms with E-state index < -0.39 is 0 Å². The lowest BCUT2D eigenvalue weighted by molar-refractivity contribution is 0.413. The molecule has 0 saturated heterocycles. The van der Waals surface area contributed by atoms with Crippen LogP contribution in [0.5, 0.6) is 5.75 Å². The Kier molecular flexibility index (Phi) is 3.90. The van der Waals surface area contributed by atoms with Crippen LogP contribution in [0.4, 0.5) is 17.3 Å². The van der Waals surface area contributed by atoms with E-state index in [1.807, 2.05) is 7.05 Å². The summed E-state index contributed by atoms with van der Waals surface area (Å²) < 4.78 is 5.55. The molecule has 110 valence electrons. The smallest absolute Gasteiger partial charge is 0.204 e. The number of para-hydroxylation sites is 1. The van der Waals surface area contributed by atoms with Crippen LogP contribution in [0.15, 0.2) is 30.6 Å². The van der Waals surface area contributed by atoms with Crippen LogP contribution < -0.4 is 15.0 Å². The summed E-state index contributed by atoms with van der Waals surface area (Å²) in [5, 5.41) is 3.06. The van der Waals surface area contributed by atoms with Crippen molar-refractivity contribution in [3.8, 4) is 5.75 Å². The van der Waals surface area contributed by atoms with Gasteiger partial charge in [0.1, 0.15) is 6.33 Å². The number of anilines is 3. The van der Waals surface area contributed by atoms with Crippen molar-refractivity contribution >= 4 is 17.3 Å². The highest BCUT2D eigenvalue weighted by atomic mass is 16.5. The maximum absolute atomic E-state index is 5.55. The second-order valence-corrected chi connectivity index (χ2v) is 5.07. The molecule has 0 amide bonds. The lowest BCUT2D eigenvalue weighted by Gasteiger charge is -2.25. The maximum Gasteiger partial charge on any atom is 0.204 e. The molecule has 0 saturated carbocycles. The molecule has 0 atom stereocenters. The molecule has 0 bridgehead atoms. The highest BCUT2D eigenvalue weighted by molar-refractivity contribution is 5.73. The van der Waals surface area contributed by atoms with Gasteiger partial charge in [0, 0.05) is 19.3 Å². The zero-order chi connectivity index (χ0) is 14.7. The van der Waals surface area contributed by atoms with Crippen molar-refractivity contribution in [3.05, 3.63) is 36.2 Å². The van der Waals surface area contributed by atoms with Gasteiger partial charge < -0.3 is 15.0 Å². The number of aromatic nitrogens is 2. The Hall–Kier alpha value is -2.30. The number of fused-ring (bicyclic) bond motifs is 1. The number of aryl methyl sites for hydroxylation is 1. The summed E-state index contributed by atoms with van der Waals surface area (Å²) in [5.74, 6) is 2.23. The molecule has 2 heterocycles. The van der Waals surface area contributed by atoms with Gasteiger partial charge in [-0.2, -0.15) is 0 Å². The van der Waals surface area contributed by atoms with Gasteiger partial charge in [-0.3, -0.25) is 0 Å². The summed E-state index contributed by atoms with van der Waals surface area (Å²) in [5.41, 5.74) is 2.58. The van der Waals surface area contributed by atoms with Crippen molar-refractivity contribution < 1.29 is 4.74 Å². The molecule has 0 aliphatic carbocycles. The van der Waals surface area contributed by atoms with Crippen LogP contribution in [0.3, 0.4) is 0 Å². The summed E-state index contributed by atoms with van der Waals surface area (Å²) in [6, 6.07) is 8.52. The molecule has 0 radical (unpaired) electrons. The van der Waals surface area contributed by atoms with Gasteiger partial charge >= 0.3 is 0 Å². The minimum atomic E-state index is 0.691. The molecule has 1 aliphatic heterocycles. The van der Waals surface area contributed by atoms with E-state index >= 15 is 0 Å². The van der Waals surface area contributed by atoms with Gasteiger partial charge in [-0.1, -0.05) is 18.2 Å². The Morgan fingerprint density at radius 2 is 2.05 bits per heavy atom. The predicted octanol–water partition coefficient (Wildman–Crippen LogP) is 3.00. The van der Waals surface area contributed by atoms with Gasteiger partial charge in [0.25, 0.3) is 0 Å². The molecule has 5 nitrogen and oxygen atoms in total. The second kappa shape index (κ2) is 5.99. The number of hydrogen-bond acceptors (Lipinski definition) is 5. The Morgan fingerprint density at radius 1 is 1.19 bits per heavy atom. The molecule has 2 aromatic rings. The van der Waals surface area contributed by atoms with Crippen LogP contribution in [0.2, 0.25) is 0 Å². The SMILES string of the molecule is CNc1ncnc(N2CCCCc3ccccc32)c1OC. The molecular formula is C16H20N4O. The Balaban J connectivity index is 2.12. The van der Waals surface area contributed by atoms with Gasteiger partial charge in [-0.15, -0.1) is 0 Å². The van der Waals surface area contributed by atoms with Crippen molar-refractivity contribution in [2.24, 2.45) is 0 Å². The molecule has 1 aromatic heterocycles. The number of rotatable bonds is 3. The molecule has 0 unspecified atom stereocenters. The molecule has 1 aliphatic rings. The molecule has 3 rings (SSSR count). The molecule has 0 spiro atoms. The van der Waals surface area contributed by atoms with Crippen LogP contribution in [0.25, 0.3) is 0 Å². The zero-order valence-electron chi connectivity index (χ0n) is 12.5. The summed E-state index contributed by atoms with van der Waals surface area (Å²) in [6.07, 6.45) is 5.02. The standard InChI is InChI=1S/C16H20N4O/c1-17-15-14(21-2)16(19-11-18-15)20-10-6-5-8-12-7-3-4-9-13(12)20/h3-4,7,9,11H,5-6,8,10H2,1-2H3,(H,17,18,19). The van der Waals surface area contributed by atoms with E-state index in [9.17, 15) is 0 Å². The number of hydrogen-bond donors (Lipinski definition) is 1. The van der Waals surface area contributed by atoms with Gasteiger partial charge in [0.05, 0.1) is 7.11 Å². The van der Waals surface area contributed by atoms with Gasteiger partial charge in [0.2, 0.25) is 5.75 Å². The van der Waals surface area contributed by atoms with Crippen LogP contribution in [0, 0.1) is 0 Å². The van der Waals surface area contributed by atoms with Crippen molar-refractivity contribution in [1.29, 1.82) is 0 Å². The molecule has 0 fully saturated rings. The fourth-order valence-corrected chi connectivity index (χ4v) is 2.83. The lowest BCUT2D eigenvalue weighted by atomic mass is 10.1. The minimum absolute atomic E-state index is 0.691. The molecular weight excluding hydrogens is 264 g/mol. The largest absolute Gasteiger partial charge is 0.490 e. The van der Waals surface area contributed by atoms with Crippen LogP contribution in [-0.4, -0.2) is 30.7 Å². The molecule has 21 heavy (non-hydrogen) atoms. The summed E-state index contributed by atoms with van der Waals surface area (Å²) in [7, 11) is 3.50. The molecule has 1 aromatic carbocycles. The number of methoxy groups -OCH3 is 1. The monoisotopic (exact) mass is 284 g/mol. The first-order valence-electron chi connectivity index (χ1n) is 7.27. The highest BCUT2D eigenvalue weighted by Crippen LogP contribution is 2.38. The zero-order valence-corrected chi connectivity index (χ0v) is 12.5. The number of nitrogens with zero attached hydrogens (tertiary/aromatic N) is 3. The summed E-state index contributed by atoms with van der Waals surface area (Å²) in [6.45, 7) is 0.938. The number of benzene rings is 1. The van der Waals surface area contributed by atoms with Crippen LogP contribution in [-0.2, 0) is 6.42 Å². The lowest BCUT2D eigenvalue weighted by Crippen LogP contribution is -2.20. The molecule has 5 heteroatoms. The number of nitrogens with one attached hydrogen (secondary N) is 1. The van der Waals surface area contributed by atoms with Crippen LogP contribution >= 0.6 is 0 Å². The van der Waals surface area contributed by atoms with Gasteiger partial charge in [-0.05, 0) is 30.9 Å². The summed E-state index contributed by atoms with van der Waals surface area (Å²) in [4.78, 5) is 10.9. The van der Waals surface area contributed by atoms with E-state index in [-0.39, 0.29) is 0 Å². The normalized spacial score (nSPS) is 14.3. The Bertz CT molecular complexity index is 629. The number of ether oxygens (including phenoxy) is 1. The van der Waals surface area contributed by atoms with Gasteiger partial charge in [0.15, 0.2) is 11.6 Å². The van der Waals surface area contributed by atoms with E-state index in [1.54, 1.807) is 13.4 Å². The molecule has 1 N–H and O–H groups in total. The average Bonchev–Trinajstić information content (AvgIpc) is 2.76. The van der Waals surface area contributed by atoms with Crippen molar-refractivity contribution in [3.63, 3.8) is 0 Å². The van der Waals surface area contributed by atoms with E-state index in [0.717, 1.165) is 25.2 Å². The fraction of sp³-hybridized carbons (Fsp3) is 0.375. The van der Waals surface area contributed by atoms with E-state index in [1.165, 1.54) is 17.7 Å². The second-order valence-electron chi connectivity index (χ2n) is 5.07. The Morgan fingerprint density at radius 3 is 2.86 bits per heavy atom. The Labute approximate surface area is 125 Å². The predicted molar refractivity (Wildman–Crippen MR) is 84.5 cm³/mol. The third kappa shape index (κ3) is 2.51. The van der Waals surface area contributed by atoms with E-state index in [4.69, 9.17) is 4.74 Å². The van der Waals surface area contributed by atoms with E-state index in [2.05, 4.69) is 44.5 Å². The first-order chi connectivity index (χ1) is 10.3. The summed E-state index contributed by atoms with van der Waals surface area (Å²) >= 11 is 0. The fourth-order valence-electron chi connectivity index (χ4n) is 2.83. The highest BCUT2D eigenvalue weighted by Gasteiger charge is 2.22. The third-order valence-corrected chi connectivity index (χ3v) is 3.84. The van der Waals surface area contributed by atoms with Crippen molar-refractivity contribution in [1.82, 2.24) is 9.97 Å². The first kappa shape index (κ1) is 13.7. The van der Waals surface area contributed by atoms with Gasteiger partial charge in [-0.25, -0.2) is 9.97 Å². The quantitative estimate of drug-likeness (QED) is 0.939.